The van der Waals surface area contributed by atoms with Crippen LogP contribution in [0.4, 0.5) is 0 Å². The van der Waals surface area contributed by atoms with Crippen LogP contribution in [0.5, 0.6) is 0 Å². The molecule has 3 nitrogen and oxygen atoms in total. The number of aromatic nitrogens is 2. The average molecular weight is 285 g/mol. The van der Waals surface area contributed by atoms with E-state index in [1.165, 1.54) is 12.8 Å². The average Bonchev–Trinajstić information content (AvgIpc) is 2.65. The first kappa shape index (κ1) is 14.9. The molecular weight excluding hydrogens is 260 g/mol. The minimum absolute atomic E-state index is 0.219. The Labute approximate surface area is 121 Å². The van der Waals surface area contributed by atoms with Crippen LogP contribution in [0.3, 0.4) is 0 Å². The van der Waals surface area contributed by atoms with Crippen molar-refractivity contribution < 1.29 is 5.11 Å². The lowest BCUT2D eigenvalue weighted by Crippen LogP contribution is -2.29. The van der Waals surface area contributed by atoms with Gasteiger partial charge < -0.3 is 5.11 Å². The molecular formula is C15H25ClN2O. The Bertz CT molecular complexity index is 430. The molecule has 108 valence electrons. The van der Waals surface area contributed by atoms with Gasteiger partial charge in [0, 0.05) is 6.04 Å². The van der Waals surface area contributed by atoms with Crippen molar-refractivity contribution in [2.75, 3.05) is 0 Å². The van der Waals surface area contributed by atoms with Gasteiger partial charge in [-0.05, 0) is 45.4 Å². The summed E-state index contributed by atoms with van der Waals surface area (Å²) in [6.07, 6.45) is 7.81. The Morgan fingerprint density at radius 2 is 2.21 bits per heavy atom. The SMILES string of the molecule is CCC1CCCC(O)(c2c(Cl)cnn2C(C)C)CC1. The fraction of sp³-hybridized carbons (Fsp3) is 0.800. The maximum Gasteiger partial charge on any atom is 0.108 e. The molecule has 1 fully saturated rings. The molecule has 0 aromatic carbocycles. The number of hydrogen-bond acceptors (Lipinski definition) is 2. The molecule has 1 aliphatic carbocycles. The summed E-state index contributed by atoms with van der Waals surface area (Å²) in [6.45, 7) is 6.38. The van der Waals surface area contributed by atoms with Crippen LogP contribution in [0.25, 0.3) is 0 Å². The Hall–Kier alpha value is -0.540. The maximum absolute atomic E-state index is 11.1. The molecule has 2 atom stereocenters. The van der Waals surface area contributed by atoms with Crippen LogP contribution in [0.15, 0.2) is 6.20 Å². The van der Waals surface area contributed by atoms with E-state index in [2.05, 4.69) is 25.9 Å². The summed E-state index contributed by atoms with van der Waals surface area (Å²) >= 11 is 6.29. The molecule has 0 radical (unpaired) electrons. The monoisotopic (exact) mass is 284 g/mol. The molecule has 1 N–H and O–H groups in total. The van der Waals surface area contributed by atoms with Crippen LogP contribution >= 0.6 is 11.6 Å². The zero-order valence-electron chi connectivity index (χ0n) is 12.2. The molecule has 4 heteroatoms. The first-order chi connectivity index (χ1) is 8.98. The van der Waals surface area contributed by atoms with Gasteiger partial charge in [-0.1, -0.05) is 31.4 Å². The first-order valence-electron chi connectivity index (χ1n) is 7.43. The van der Waals surface area contributed by atoms with Crippen molar-refractivity contribution in [3.8, 4) is 0 Å². The molecule has 1 heterocycles. The van der Waals surface area contributed by atoms with Gasteiger partial charge in [-0.2, -0.15) is 5.10 Å². The summed E-state index contributed by atoms with van der Waals surface area (Å²) in [5.74, 6) is 0.739. The van der Waals surface area contributed by atoms with Crippen LogP contribution in [0, 0.1) is 5.92 Å². The van der Waals surface area contributed by atoms with E-state index in [1.807, 2.05) is 4.68 Å². The van der Waals surface area contributed by atoms with Crippen LogP contribution in [0.2, 0.25) is 5.02 Å². The van der Waals surface area contributed by atoms with Crippen LogP contribution in [0.1, 0.15) is 71.0 Å². The fourth-order valence-corrected chi connectivity index (χ4v) is 3.51. The van der Waals surface area contributed by atoms with Gasteiger partial charge in [-0.3, -0.25) is 4.68 Å². The van der Waals surface area contributed by atoms with Crippen LogP contribution < -0.4 is 0 Å². The van der Waals surface area contributed by atoms with Gasteiger partial charge in [0.25, 0.3) is 0 Å². The number of aliphatic hydroxyl groups is 1. The minimum atomic E-state index is -0.804. The predicted octanol–water partition coefficient (Wildman–Crippen LogP) is 4.30. The predicted molar refractivity (Wildman–Crippen MR) is 78.4 cm³/mol. The van der Waals surface area contributed by atoms with Crippen molar-refractivity contribution >= 4 is 11.6 Å². The molecule has 0 saturated heterocycles. The highest BCUT2D eigenvalue weighted by atomic mass is 35.5. The zero-order valence-corrected chi connectivity index (χ0v) is 13.0. The third kappa shape index (κ3) is 2.97. The van der Waals surface area contributed by atoms with Crippen molar-refractivity contribution in [2.24, 2.45) is 5.92 Å². The lowest BCUT2D eigenvalue weighted by molar-refractivity contribution is 0.00988. The van der Waals surface area contributed by atoms with Gasteiger partial charge in [0.1, 0.15) is 5.60 Å². The van der Waals surface area contributed by atoms with Crippen molar-refractivity contribution in [3.63, 3.8) is 0 Å². The van der Waals surface area contributed by atoms with E-state index in [0.29, 0.717) is 5.02 Å². The molecule has 0 bridgehead atoms. The zero-order chi connectivity index (χ0) is 14.0. The van der Waals surface area contributed by atoms with Crippen LogP contribution in [-0.2, 0) is 5.60 Å². The summed E-state index contributed by atoms with van der Waals surface area (Å²) in [7, 11) is 0. The normalized spacial score (nSPS) is 28.6. The van der Waals surface area contributed by atoms with E-state index in [1.54, 1.807) is 6.20 Å². The van der Waals surface area contributed by atoms with Gasteiger partial charge in [0.2, 0.25) is 0 Å². The second-order valence-corrected chi connectivity index (χ2v) is 6.52. The van der Waals surface area contributed by atoms with Crippen LogP contribution in [-0.4, -0.2) is 14.9 Å². The first-order valence-corrected chi connectivity index (χ1v) is 7.81. The summed E-state index contributed by atoms with van der Waals surface area (Å²) in [4.78, 5) is 0. The van der Waals surface area contributed by atoms with Gasteiger partial charge in [0.15, 0.2) is 0 Å². The molecule has 2 rings (SSSR count). The van der Waals surface area contributed by atoms with Gasteiger partial charge in [-0.15, -0.1) is 0 Å². The van der Waals surface area contributed by atoms with Gasteiger partial charge >= 0.3 is 0 Å². The van der Waals surface area contributed by atoms with Gasteiger partial charge in [-0.25, -0.2) is 0 Å². The van der Waals surface area contributed by atoms with E-state index in [-0.39, 0.29) is 6.04 Å². The highest BCUT2D eigenvalue weighted by molar-refractivity contribution is 6.31. The molecule has 1 aromatic heterocycles. The number of rotatable bonds is 3. The highest BCUT2D eigenvalue weighted by Gasteiger charge is 2.37. The Morgan fingerprint density at radius 3 is 2.84 bits per heavy atom. The summed E-state index contributed by atoms with van der Waals surface area (Å²) < 4.78 is 1.88. The summed E-state index contributed by atoms with van der Waals surface area (Å²) in [5, 5.41) is 16.0. The smallest absolute Gasteiger partial charge is 0.108 e. The van der Waals surface area contributed by atoms with Crippen molar-refractivity contribution in [1.29, 1.82) is 0 Å². The van der Waals surface area contributed by atoms with E-state index in [9.17, 15) is 5.11 Å². The minimum Gasteiger partial charge on any atom is -0.384 e. The van der Waals surface area contributed by atoms with Crippen molar-refractivity contribution in [1.82, 2.24) is 9.78 Å². The fourth-order valence-electron chi connectivity index (χ4n) is 3.21. The summed E-state index contributed by atoms with van der Waals surface area (Å²) in [6, 6.07) is 0.219. The molecule has 0 aliphatic heterocycles. The van der Waals surface area contributed by atoms with Crippen molar-refractivity contribution in [2.45, 2.75) is 70.9 Å². The lowest BCUT2D eigenvalue weighted by atomic mass is 9.89. The molecule has 19 heavy (non-hydrogen) atoms. The topological polar surface area (TPSA) is 38.1 Å². The number of hydrogen-bond donors (Lipinski definition) is 1. The van der Waals surface area contributed by atoms with Gasteiger partial charge in [0.05, 0.1) is 16.9 Å². The van der Waals surface area contributed by atoms with E-state index in [4.69, 9.17) is 11.6 Å². The molecule has 1 saturated carbocycles. The second-order valence-electron chi connectivity index (χ2n) is 6.12. The molecule has 2 unspecified atom stereocenters. The molecule has 1 aliphatic rings. The Morgan fingerprint density at radius 1 is 1.47 bits per heavy atom. The van der Waals surface area contributed by atoms with E-state index < -0.39 is 5.60 Å². The maximum atomic E-state index is 11.1. The third-order valence-corrected chi connectivity index (χ3v) is 4.70. The largest absolute Gasteiger partial charge is 0.384 e. The molecule has 0 amide bonds. The number of nitrogens with zero attached hydrogens (tertiary/aromatic N) is 2. The second kappa shape index (κ2) is 5.84. The Balaban J connectivity index is 2.31. The summed E-state index contributed by atoms with van der Waals surface area (Å²) in [5.41, 5.74) is 0.0165. The van der Waals surface area contributed by atoms with E-state index >= 15 is 0 Å². The standard InChI is InChI=1S/C15H25ClN2O/c1-4-12-6-5-8-15(19,9-7-12)14-13(16)10-17-18(14)11(2)3/h10-12,19H,4-9H2,1-3H3. The molecule has 1 aromatic rings. The Kier molecular flexibility index (Phi) is 4.57. The lowest BCUT2D eigenvalue weighted by Gasteiger charge is -2.29. The quantitative estimate of drug-likeness (QED) is 0.841. The number of halogens is 1. The van der Waals surface area contributed by atoms with Crippen molar-refractivity contribution in [3.05, 3.63) is 16.9 Å². The molecule has 0 spiro atoms. The van der Waals surface area contributed by atoms with E-state index in [0.717, 1.165) is 37.3 Å². The highest BCUT2D eigenvalue weighted by Crippen LogP contribution is 2.41. The third-order valence-electron chi connectivity index (χ3n) is 4.43.